The van der Waals surface area contributed by atoms with Crippen LogP contribution in [0.5, 0.6) is 5.75 Å². The number of ether oxygens (including phenoxy) is 1. The Kier molecular flexibility index (Phi) is 12.6. The SMILES string of the molecule is CC1(C)ON=C(C(=O)N[C@H](CN2CCCC2)[C@H](O)c2ccc(OC3CC3)c(Cl)c2)c2ccc(-c3ccc(F)cc3)cc21.CC1(C)ON=C(C(=O)O)c2ccc(-c3ccc(F)cc3)cc21. The van der Waals surface area contributed by atoms with E-state index in [0.717, 1.165) is 72.2 Å². The van der Waals surface area contributed by atoms with E-state index in [1.807, 2.05) is 52.0 Å². The summed E-state index contributed by atoms with van der Waals surface area (Å²) in [6, 6.07) is 28.1. The fraction of sp³-hybridized carbons (Fsp3) is 0.320. The third kappa shape index (κ3) is 9.81. The molecule has 3 aliphatic heterocycles. The number of carboxylic acid groups (broad SMARTS) is 1. The Labute approximate surface area is 375 Å². The zero-order valence-electron chi connectivity index (χ0n) is 35.9. The minimum atomic E-state index is -1.13. The van der Waals surface area contributed by atoms with Crippen LogP contribution in [0.1, 0.15) is 87.3 Å². The Morgan fingerprint density at radius 1 is 0.766 bits per heavy atom. The van der Waals surface area contributed by atoms with E-state index in [2.05, 4.69) is 20.5 Å². The zero-order valence-corrected chi connectivity index (χ0v) is 36.7. The molecule has 0 aromatic heterocycles. The number of aliphatic hydroxyl groups is 1. The number of fused-ring (bicyclic) bond motifs is 2. The lowest BCUT2D eigenvalue weighted by atomic mass is 9.87. The molecule has 5 aromatic rings. The molecule has 1 amide bonds. The van der Waals surface area contributed by atoms with E-state index in [9.17, 15) is 28.6 Å². The number of halogens is 3. The van der Waals surface area contributed by atoms with Crippen LogP contribution in [0.15, 0.2) is 113 Å². The first kappa shape index (κ1) is 44.5. The molecular formula is C50H49ClF2N4O7. The maximum Gasteiger partial charge on any atom is 0.358 e. The number of nitrogens with one attached hydrogen (secondary N) is 1. The van der Waals surface area contributed by atoms with Gasteiger partial charge in [0.15, 0.2) is 22.6 Å². The summed E-state index contributed by atoms with van der Waals surface area (Å²) in [6.07, 6.45) is 3.39. The predicted octanol–water partition coefficient (Wildman–Crippen LogP) is 9.52. The van der Waals surface area contributed by atoms with E-state index in [-0.39, 0.29) is 29.2 Å². The highest BCUT2D eigenvalue weighted by Gasteiger charge is 2.37. The summed E-state index contributed by atoms with van der Waals surface area (Å²) in [7, 11) is 0. The van der Waals surface area contributed by atoms with E-state index in [0.29, 0.717) is 34.0 Å². The predicted molar refractivity (Wildman–Crippen MR) is 240 cm³/mol. The van der Waals surface area contributed by atoms with Gasteiger partial charge in [0.2, 0.25) is 0 Å². The Balaban J connectivity index is 0.000000214. The van der Waals surface area contributed by atoms with Gasteiger partial charge in [0.25, 0.3) is 5.91 Å². The lowest BCUT2D eigenvalue weighted by Gasteiger charge is -2.32. The van der Waals surface area contributed by atoms with Crippen LogP contribution in [0.2, 0.25) is 5.02 Å². The molecule has 3 heterocycles. The van der Waals surface area contributed by atoms with Gasteiger partial charge in [0, 0.05) is 28.8 Å². The van der Waals surface area contributed by atoms with Crippen LogP contribution < -0.4 is 10.1 Å². The summed E-state index contributed by atoms with van der Waals surface area (Å²) >= 11 is 6.51. The maximum atomic E-state index is 13.8. The van der Waals surface area contributed by atoms with Gasteiger partial charge in [-0.15, -0.1) is 0 Å². The highest BCUT2D eigenvalue weighted by Crippen LogP contribution is 2.38. The minimum absolute atomic E-state index is 0.111. The second-order valence-electron chi connectivity index (χ2n) is 17.5. The summed E-state index contributed by atoms with van der Waals surface area (Å²) in [5, 5.41) is 32.2. The fourth-order valence-corrected chi connectivity index (χ4v) is 8.31. The van der Waals surface area contributed by atoms with Crippen LogP contribution >= 0.6 is 11.6 Å². The molecule has 1 saturated carbocycles. The minimum Gasteiger partial charge on any atom is -0.489 e. The van der Waals surface area contributed by atoms with E-state index >= 15 is 0 Å². The summed E-state index contributed by atoms with van der Waals surface area (Å²) in [5.74, 6) is -1.58. The number of carboxylic acids is 1. The molecule has 0 unspecified atom stereocenters. The monoisotopic (exact) mass is 890 g/mol. The summed E-state index contributed by atoms with van der Waals surface area (Å²) in [4.78, 5) is 38.5. The first-order valence-corrected chi connectivity index (χ1v) is 21.7. The highest BCUT2D eigenvalue weighted by molar-refractivity contribution is 6.46. The summed E-state index contributed by atoms with van der Waals surface area (Å²) in [6.45, 7) is 9.70. The molecule has 64 heavy (non-hydrogen) atoms. The van der Waals surface area contributed by atoms with Crippen LogP contribution in [0, 0.1) is 11.6 Å². The van der Waals surface area contributed by atoms with Gasteiger partial charge < -0.3 is 34.8 Å². The van der Waals surface area contributed by atoms with Crippen molar-refractivity contribution < 1.29 is 43.0 Å². The van der Waals surface area contributed by atoms with Gasteiger partial charge in [-0.2, -0.15) is 0 Å². The first-order valence-electron chi connectivity index (χ1n) is 21.3. The molecule has 2 atom stereocenters. The van der Waals surface area contributed by atoms with Crippen LogP contribution in [0.4, 0.5) is 8.78 Å². The number of oxime groups is 2. The number of rotatable bonds is 11. The van der Waals surface area contributed by atoms with Crippen molar-refractivity contribution in [1.82, 2.24) is 10.2 Å². The number of benzene rings is 5. The molecule has 2 fully saturated rings. The standard InChI is InChI=1S/C33H35ClFN3O4.C17H14FNO3/c1-33(2)26-17-21(20-5-9-23(35)10-6-20)7-13-25(26)30(37-42-33)32(40)36-28(19-38-15-3-4-16-38)31(39)22-8-14-29(27(34)18-22)41-24-11-12-24;1-17(2)14-9-11(10-3-6-12(18)7-4-10)5-8-13(14)15(16(20)21)19-22-17/h5-10,13-14,17-18,24,28,31,39H,3-4,11-12,15-16,19H2,1-2H3,(H,36,40);3-9H,1-2H3,(H,20,21)/t28-,31-;/m1./s1. The number of aliphatic carboxylic acids is 1. The van der Waals surface area contributed by atoms with Crippen molar-refractivity contribution >= 4 is 34.9 Å². The molecule has 332 valence electrons. The van der Waals surface area contributed by atoms with Gasteiger partial charge in [-0.3, -0.25) is 4.79 Å². The maximum absolute atomic E-state index is 13.8. The number of carbonyl (C=O) groups excluding carboxylic acids is 1. The molecule has 0 spiro atoms. The number of carbonyl (C=O) groups is 2. The summed E-state index contributed by atoms with van der Waals surface area (Å²) < 4.78 is 32.4. The lowest BCUT2D eigenvalue weighted by molar-refractivity contribution is -0.130. The van der Waals surface area contributed by atoms with Crippen LogP contribution in [0.3, 0.4) is 0 Å². The molecule has 4 aliphatic rings. The van der Waals surface area contributed by atoms with Gasteiger partial charge in [0.05, 0.1) is 17.2 Å². The Morgan fingerprint density at radius 3 is 1.77 bits per heavy atom. The Morgan fingerprint density at radius 2 is 1.27 bits per heavy atom. The van der Waals surface area contributed by atoms with E-state index in [4.69, 9.17) is 26.0 Å². The molecule has 1 saturated heterocycles. The molecule has 3 N–H and O–H groups in total. The number of likely N-dealkylation sites (tertiary alicyclic amines) is 1. The molecule has 5 aromatic carbocycles. The lowest BCUT2D eigenvalue weighted by Crippen LogP contribution is -2.49. The van der Waals surface area contributed by atoms with Crippen LogP contribution in [-0.2, 0) is 30.5 Å². The van der Waals surface area contributed by atoms with Crippen molar-refractivity contribution in [3.63, 3.8) is 0 Å². The first-order chi connectivity index (χ1) is 30.6. The van der Waals surface area contributed by atoms with Crippen molar-refractivity contribution in [2.24, 2.45) is 10.3 Å². The normalized spacial score (nSPS) is 18.0. The van der Waals surface area contributed by atoms with Gasteiger partial charge >= 0.3 is 5.97 Å². The molecule has 14 heteroatoms. The van der Waals surface area contributed by atoms with Gasteiger partial charge in [-0.05, 0) is 143 Å². The van der Waals surface area contributed by atoms with Gasteiger partial charge in [0.1, 0.15) is 23.5 Å². The molecule has 11 nitrogen and oxygen atoms in total. The molecule has 0 radical (unpaired) electrons. The van der Waals surface area contributed by atoms with Crippen molar-refractivity contribution in [2.45, 2.75) is 82.8 Å². The molecule has 9 rings (SSSR count). The van der Waals surface area contributed by atoms with Crippen molar-refractivity contribution in [2.75, 3.05) is 19.6 Å². The highest BCUT2D eigenvalue weighted by atomic mass is 35.5. The van der Waals surface area contributed by atoms with Crippen LogP contribution in [-0.4, -0.2) is 70.2 Å². The third-order valence-electron chi connectivity index (χ3n) is 11.8. The smallest absolute Gasteiger partial charge is 0.358 e. The van der Waals surface area contributed by atoms with Crippen LogP contribution in [0.25, 0.3) is 22.3 Å². The second-order valence-corrected chi connectivity index (χ2v) is 17.9. The average Bonchev–Trinajstić information content (AvgIpc) is 3.94. The zero-order chi connectivity index (χ0) is 45.3. The Hall–Kier alpha value is -6.15. The molecular weight excluding hydrogens is 842 g/mol. The number of nitrogens with zero attached hydrogens (tertiary/aromatic N) is 3. The van der Waals surface area contributed by atoms with E-state index in [1.54, 1.807) is 54.6 Å². The van der Waals surface area contributed by atoms with Crippen molar-refractivity contribution in [3.8, 4) is 28.0 Å². The number of amides is 1. The molecule has 1 aliphatic carbocycles. The van der Waals surface area contributed by atoms with Gasteiger partial charge in [-0.25, -0.2) is 13.6 Å². The topological polar surface area (TPSA) is 142 Å². The second kappa shape index (κ2) is 18.1. The number of aliphatic hydroxyl groups excluding tert-OH is 1. The average molecular weight is 891 g/mol. The largest absolute Gasteiger partial charge is 0.489 e. The Bertz CT molecular complexity index is 2620. The number of hydrogen-bond acceptors (Lipinski definition) is 9. The number of hydrogen-bond donors (Lipinski definition) is 3. The van der Waals surface area contributed by atoms with E-state index < -0.39 is 35.2 Å². The quantitative estimate of drug-likeness (QED) is 0.119. The fourth-order valence-electron chi connectivity index (χ4n) is 8.07. The van der Waals surface area contributed by atoms with Crippen molar-refractivity contribution in [1.29, 1.82) is 0 Å². The van der Waals surface area contributed by atoms with E-state index in [1.165, 1.54) is 24.3 Å². The van der Waals surface area contributed by atoms with Gasteiger partial charge in [-0.1, -0.05) is 76.5 Å². The van der Waals surface area contributed by atoms with Crippen molar-refractivity contribution in [3.05, 3.63) is 148 Å². The molecule has 0 bridgehead atoms. The third-order valence-corrected chi connectivity index (χ3v) is 12.1. The summed E-state index contributed by atoms with van der Waals surface area (Å²) in [5.41, 5.74) is 5.25.